The Morgan fingerprint density at radius 3 is 2.61 bits per heavy atom. The van der Waals surface area contributed by atoms with Gasteiger partial charge in [-0.15, -0.1) is 12.4 Å². The van der Waals surface area contributed by atoms with E-state index in [2.05, 4.69) is 40.0 Å². The third-order valence-corrected chi connectivity index (χ3v) is 7.47. The fourth-order valence-corrected chi connectivity index (χ4v) is 5.50. The maximum absolute atomic E-state index is 13.2. The molecule has 2 bridgehead atoms. The fourth-order valence-electron chi connectivity index (χ4n) is 5.07. The summed E-state index contributed by atoms with van der Waals surface area (Å²) in [5, 5.41) is 0. The number of methoxy groups -OCH3 is 1. The molecule has 0 aromatic heterocycles. The number of hydrogen-bond acceptors (Lipinski definition) is 5. The average molecular weight is 510 g/mol. The number of piperidine rings is 1. The number of esters is 1. The molecule has 31 heavy (non-hydrogen) atoms. The Morgan fingerprint density at radius 2 is 1.94 bits per heavy atom. The maximum atomic E-state index is 13.2. The van der Waals surface area contributed by atoms with Crippen molar-refractivity contribution in [1.29, 1.82) is 0 Å². The first-order valence-electron chi connectivity index (χ1n) is 10.5. The normalized spacial score (nSPS) is 25.0. The Kier molecular flexibility index (Phi) is 7.89. The van der Waals surface area contributed by atoms with Crippen LogP contribution < -0.4 is 10.5 Å². The zero-order chi connectivity index (χ0) is 21.3. The van der Waals surface area contributed by atoms with Crippen molar-refractivity contribution in [2.24, 2.45) is 5.92 Å². The van der Waals surface area contributed by atoms with Crippen molar-refractivity contribution < 1.29 is 14.3 Å². The van der Waals surface area contributed by atoms with Gasteiger partial charge in [-0.05, 0) is 77.6 Å². The van der Waals surface area contributed by atoms with Crippen LogP contribution in [0.15, 0.2) is 46.9 Å². The van der Waals surface area contributed by atoms with E-state index in [-0.39, 0.29) is 36.3 Å². The summed E-state index contributed by atoms with van der Waals surface area (Å²) in [5.74, 6) is 0.800. The predicted molar refractivity (Wildman–Crippen MR) is 129 cm³/mol. The minimum Gasteiger partial charge on any atom is -0.497 e. The van der Waals surface area contributed by atoms with Crippen LogP contribution in [0, 0.1) is 5.92 Å². The monoisotopic (exact) mass is 508 g/mol. The SMILES string of the molecule is COc1ccc([C@H]2C[C@H]3CC[C@H]([C@H]2C(=O)OCCc2ccc(N)c(Br)c2)N3C)cc1.Cl. The van der Waals surface area contributed by atoms with Gasteiger partial charge in [0, 0.05) is 34.6 Å². The summed E-state index contributed by atoms with van der Waals surface area (Å²) in [6.45, 7) is 0.376. The lowest BCUT2D eigenvalue weighted by atomic mass is 9.76. The number of nitrogens with zero attached hydrogens (tertiary/aromatic N) is 1. The highest BCUT2D eigenvalue weighted by Crippen LogP contribution is 2.46. The highest BCUT2D eigenvalue weighted by atomic mass is 79.9. The summed E-state index contributed by atoms with van der Waals surface area (Å²) in [5.41, 5.74) is 8.86. The number of benzene rings is 2. The van der Waals surface area contributed by atoms with Crippen LogP contribution >= 0.6 is 28.3 Å². The fraction of sp³-hybridized carbons (Fsp3) is 0.458. The first kappa shape index (κ1) is 23.9. The second-order valence-corrected chi connectivity index (χ2v) is 9.23. The van der Waals surface area contributed by atoms with E-state index < -0.39 is 0 Å². The molecule has 2 aliphatic heterocycles. The van der Waals surface area contributed by atoms with E-state index in [0.717, 1.165) is 35.0 Å². The molecular weight excluding hydrogens is 480 g/mol. The molecule has 168 valence electrons. The summed E-state index contributed by atoms with van der Waals surface area (Å²) in [7, 11) is 3.82. The summed E-state index contributed by atoms with van der Waals surface area (Å²) >= 11 is 3.45. The molecular formula is C24H30BrClN2O3. The summed E-state index contributed by atoms with van der Waals surface area (Å²) in [6, 6.07) is 14.8. The molecule has 2 heterocycles. The van der Waals surface area contributed by atoms with E-state index in [1.54, 1.807) is 7.11 Å². The third-order valence-electron chi connectivity index (χ3n) is 6.78. The average Bonchev–Trinajstić information content (AvgIpc) is 2.98. The summed E-state index contributed by atoms with van der Waals surface area (Å²) in [4.78, 5) is 15.6. The number of nitrogen functional groups attached to an aromatic ring is 1. The standard InChI is InChI=1S/C24H29BrN2O3.ClH/c1-27-17-6-10-22(27)23(19(14-17)16-4-7-18(29-2)8-5-16)24(28)30-12-11-15-3-9-21(26)20(25)13-15;/h3-5,7-9,13,17,19,22-23H,6,10-12,14,26H2,1-2H3;1H/t17-,19-,22-,23+;/m1./s1. The molecule has 2 aromatic rings. The number of carbonyl (C=O) groups is 1. The van der Waals surface area contributed by atoms with Crippen molar-refractivity contribution >= 4 is 40.0 Å². The molecule has 4 atom stereocenters. The second kappa shape index (κ2) is 10.2. The summed E-state index contributed by atoms with van der Waals surface area (Å²) in [6.07, 6.45) is 3.87. The lowest BCUT2D eigenvalue weighted by molar-refractivity contribution is -0.153. The molecule has 7 heteroatoms. The smallest absolute Gasteiger partial charge is 0.311 e. The molecule has 0 radical (unpaired) electrons. The van der Waals surface area contributed by atoms with Crippen LogP contribution in [-0.4, -0.2) is 43.7 Å². The van der Waals surface area contributed by atoms with Gasteiger partial charge in [-0.2, -0.15) is 0 Å². The highest BCUT2D eigenvalue weighted by Gasteiger charge is 2.49. The zero-order valence-corrected chi connectivity index (χ0v) is 20.3. The first-order valence-corrected chi connectivity index (χ1v) is 11.3. The summed E-state index contributed by atoms with van der Waals surface area (Å²) < 4.78 is 12.0. The predicted octanol–water partition coefficient (Wildman–Crippen LogP) is 4.81. The molecule has 2 aliphatic rings. The molecule has 2 N–H and O–H groups in total. The first-order chi connectivity index (χ1) is 14.5. The minimum absolute atomic E-state index is 0. The lowest BCUT2D eigenvalue weighted by Crippen LogP contribution is -2.49. The van der Waals surface area contributed by atoms with Crippen LogP contribution in [0.3, 0.4) is 0 Å². The molecule has 0 amide bonds. The van der Waals surface area contributed by atoms with Crippen molar-refractivity contribution in [3.63, 3.8) is 0 Å². The van der Waals surface area contributed by atoms with E-state index in [1.165, 1.54) is 5.56 Å². The van der Waals surface area contributed by atoms with E-state index >= 15 is 0 Å². The van der Waals surface area contributed by atoms with Gasteiger partial charge in [0.1, 0.15) is 5.75 Å². The van der Waals surface area contributed by atoms with Crippen molar-refractivity contribution in [2.75, 3.05) is 26.5 Å². The lowest BCUT2D eigenvalue weighted by Gasteiger charge is -2.42. The Balaban J connectivity index is 0.00000272. The Hall–Kier alpha value is -1.76. The number of ether oxygens (including phenoxy) is 2. The molecule has 0 saturated carbocycles. The number of nitrogens with two attached hydrogens (primary N) is 1. The van der Waals surface area contributed by atoms with Gasteiger partial charge in [0.2, 0.25) is 0 Å². The van der Waals surface area contributed by atoms with Crippen LogP contribution in [0.25, 0.3) is 0 Å². The third kappa shape index (κ3) is 5.02. The molecule has 0 spiro atoms. The number of halogens is 2. The zero-order valence-electron chi connectivity index (χ0n) is 17.9. The van der Waals surface area contributed by atoms with Gasteiger partial charge in [0.15, 0.2) is 0 Å². The second-order valence-electron chi connectivity index (χ2n) is 8.38. The Bertz CT molecular complexity index is 908. The van der Waals surface area contributed by atoms with Crippen LogP contribution in [0.4, 0.5) is 5.69 Å². The number of anilines is 1. The largest absolute Gasteiger partial charge is 0.497 e. The molecule has 2 aromatic carbocycles. The van der Waals surface area contributed by atoms with E-state index in [9.17, 15) is 4.79 Å². The number of hydrogen-bond donors (Lipinski definition) is 1. The topological polar surface area (TPSA) is 64.8 Å². The van der Waals surface area contributed by atoms with E-state index in [4.69, 9.17) is 15.2 Å². The Morgan fingerprint density at radius 1 is 1.19 bits per heavy atom. The number of carbonyl (C=O) groups excluding carboxylic acids is 1. The maximum Gasteiger partial charge on any atom is 0.311 e. The molecule has 4 rings (SSSR count). The van der Waals surface area contributed by atoms with Gasteiger partial charge in [0.25, 0.3) is 0 Å². The Labute approximate surface area is 198 Å². The van der Waals surface area contributed by atoms with Crippen molar-refractivity contribution in [1.82, 2.24) is 4.90 Å². The highest BCUT2D eigenvalue weighted by molar-refractivity contribution is 9.10. The van der Waals surface area contributed by atoms with Gasteiger partial charge in [-0.25, -0.2) is 0 Å². The van der Waals surface area contributed by atoms with Crippen LogP contribution in [0.5, 0.6) is 5.75 Å². The number of fused-ring (bicyclic) bond motifs is 2. The van der Waals surface area contributed by atoms with Gasteiger partial charge in [-0.1, -0.05) is 18.2 Å². The van der Waals surface area contributed by atoms with Crippen molar-refractivity contribution in [2.45, 2.75) is 43.7 Å². The van der Waals surface area contributed by atoms with Gasteiger partial charge in [0.05, 0.1) is 19.6 Å². The number of rotatable bonds is 6. The van der Waals surface area contributed by atoms with E-state index in [0.29, 0.717) is 24.8 Å². The van der Waals surface area contributed by atoms with Gasteiger partial charge in [-0.3, -0.25) is 9.69 Å². The van der Waals surface area contributed by atoms with Crippen LogP contribution in [0.2, 0.25) is 0 Å². The molecule has 5 nitrogen and oxygen atoms in total. The minimum atomic E-state index is -0.139. The molecule has 0 aliphatic carbocycles. The van der Waals surface area contributed by atoms with Crippen molar-refractivity contribution in [3.8, 4) is 5.75 Å². The van der Waals surface area contributed by atoms with Crippen LogP contribution in [-0.2, 0) is 16.0 Å². The van der Waals surface area contributed by atoms with Crippen LogP contribution in [0.1, 0.15) is 36.3 Å². The van der Waals surface area contributed by atoms with Crippen molar-refractivity contribution in [3.05, 3.63) is 58.1 Å². The van der Waals surface area contributed by atoms with Gasteiger partial charge < -0.3 is 15.2 Å². The molecule has 2 fully saturated rings. The quantitative estimate of drug-likeness (QED) is 0.447. The molecule has 0 unspecified atom stereocenters. The van der Waals surface area contributed by atoms with Gasteiger partial charge >= 0.3 is 5.97 Å². The van der Waals surface area contributed by atoms with E-state index in [1.807, 2.05) is 30.3 Å². The molecule has 2 saturated heterocycles.